The van der Waals surface area contributed by atoms with Crippen LogP contribution in [0.2, 0.25) is 0 Å². The normalized spacial score (nSPS) is 19.1. The van der Waals surface area contributed by atoms with Crippen molar-refractivity contribution >= 4 is 12.1 Å². The molecule has 0 aromatic carbocycles. The fourth-order valence-corrected chi connectivity index (χ4v) is 2.74. The third-order valence-corrected chi connectivity index (χ3v) is 4.38. The highest BCUT2D eigenvalue weighted by molar-refractivity contribution is 5.80. The maximum absolute atomic E-state index is 12.6. The fraction of sp³-hybridized carbons (Fsp3) is 0.667. The fourth-order valence-electron chi connectivity index (χ4n) is 2.74. The second-order valence-electron chi connectivity index (χ2n) is 8.34. The maximum atomic E-state index is 12.6. The van der Waals surface area contributed by atoms with E-state index in [1.165, 1.54) is 6.42 Å². The predicted octanol–water partition coefficient (Wildman–Crippen LogP) is 3.17. The zero-order valence-corrected chi connectivity index (χ0v) is 17.9. The van der Waals surface area contributed by atoms with Gasteiger partial charge in [0.2, 0.25) is 0 Å². The van der Waals surface area contributed by atoms with Gasteiger partial charge in [0.15, 0.2) is 5.96 Å². The Labute approximate surface area is 169 Å². The summed E-state index contributed by atoms with van der Waals surface area (Å²) in [5, 5.41) is 6.73. The Morgan fingerprint density at radius 2 is 2.18 bits per heavy atom. The van der Waals surface area contributed by atoms with Gasteiger partial charge in [-0.05, 0) is 58.1 Å². The summed E-state index contributed by atoms with van der Waals surface area (Å²) in [6, 6.07) is 4.37. The minimum Gasteiger partial charge on any atom is -0.444 e. The molecule has 0 aliphatic heterocycles. The van der Waals surface area contributed by atoms with E-state index in [0.717, 1.165) is 24.5 Å². The third kappa shape index (κ3) is 8.15. The Kier molecular flexibility index (Phi) is 8.08. The van der Waals surface area contributed by atoms with Gasteiger partial charge >= 0.3 is 6.09 Å². The molecule has 2 unspecified atom stereocenters. The molecule has 2 rings (SSSR count). The number of carbonyl (C=O) groups is 1. The lowest BCUT2D eigenvalue weighted by molar-refractivity contribution is 0.0232. The lowest BCUT2D eigenvalue weighted by Gasteiger charge is -2.27. The first kappa shape index (κ1) is 22.0. The second-order valence-corrected chi connectivity index (χ2v) is 8.34. The predicted molar refractivity (Wildman–Crippen MR) is 112 cm³/mol. The molecule has 0 bridgehead atoms. The van der Waals surface area contributed by atoms with Crippen LogP contribution in [0.4, 0.5) is 4.79 Å². The quantitative estimate of drug-likeness (QED) is 0.406. The van der Waals surface area contributed by atoms with Gasteiger partial charge in [-0.2, -0.15) is 0 Å². The van der Waals surface area contributed by atoms with Crippen molar-refractivity contribution in [3.05, 3.63) is 30.1 Å². The molecule has 2 N–H and O–H groups in total. The van der Waals surface area contributed by atoms with Crippen molar-refractivity contribution in [2.75, 3.05) is 19.6 Å². The highest BCUT2D eigenvalue weighted by Gasteiger charge is 2.33. The number of ether oxygens (including phenoxy) is 1. The first-order chi connectivity index (χ1) is 13.3. The summed E-state index contributed by atoms with van der Waals surface area (Å²) in [6.45, 7) is 12.5. The standard InChI is InChI=1S/C21H35N5O2/c1-6-23-19(25-18-13-16(18)2)24-11-8-12-26(20(27)28-21(3,4)5)15-17-9-7-10-22-14-17/h7,9-10,14,16,18H,6,8,11-13,15H2,1-5H3,(H2,23,24,25). The molecule has 1 saturated carbocycles. The van der Waals surface area contributed by atoms with Crippen LogP contribution < -0.4 is 10.6 Å². The van der Waals surface area contributed by atoms with E-state index in [1.54, 1.807) is 17.3 Å². The Balaban J connectivity index is 1.91. The van der Waals surface area contributed by atoms with Crippen LogP contribution in [0.5, 0.6) is 0 Å². The average Bonchev–Trinajstić information content (AvgIpc) is 3.31. The SMILES string of the molecule is CCNC(=NCCCN(Cc1cccnc1)C(=O)OC(C)(C)C)NC1CC1C. The molecule has 156 valence electrons. The number of carbonyl (C=O) groups excluding carboxylic acids is 1. The van der Waals surface area contributed by atoms with Gasteiger partial charge in [0, 0.05) is 38.1 Å². The minimum absolute atomic E-state index is 0.308. The van der Waals surface area contributed by atoms with Crippen LogP contribution in [0.25, 0.3) is 0 Å². The van der Waals surface area contributed by atoms with E-state index in [4.69, 9.17) is 4.74 Å². The first-order valence-electron chi connectivity index (χ1n) is 10.2. The summed E-state index contributed by atoms with van der Waals surface area (Å²) >= 11 is 0. The molecule has 0 saturated heterocycles. The molecular formula is C21H35N5O2. The Morgan fingerprint density at radius 1 is 1.43 bits per heavy atom. The van der Waals surface area contributed by atoms with Crippen LogP contribution in [-0.4, -0.2) is 53.2 Å². The number of pyridine rings is 1. The van der Waals surface area contributed by atoms with Crippen molar-refractivity contribution in [3.63, 3.8) is 0 Å². The zero-order valence-electron chi connectivity index (χ0n) is 17.9. The molecule has 28 heavy (non-hydrogen) atoms. The molecule has 2 atom stereocenters. The number of aromatic nitrogens is 1. The van der Waals surface area contributed by atoms with Crippen LogP contribution in [0, 0.1) is 5.92 Å². The summed E-state index contributed by atoms with van der Waals surface area (Å²) < 4.78 is 5.57. The third-order valence-electron chi connectivity index (χ3n) is 4.38. The van der Waals surface area contributed by atoms with Crippen molar-refractivity contribution < 1.29 is 9.53 Å². The topological polar surface area (TPSA) is 78.9 Å². The molecule has 1 amide bonds. The van der Waals surface area contributed by atoms with E-state index in [-0.39, 0.29) is 6.09 Å². The Hall–Kier alpha value is -2.31. The molecule has 1 fully saturated rings. The van der Waals surface area contributed by atoms with Crippen LogP contribution in [0.3, 0.4) is 0 Å². The lowest BCUT2D eigenvalue weighted by Crippen LogP contribution is -2.39. The van der Waals surface area contributed by atoms with Gasteiger partial charge in [-0.3, -0.25) is 9.98 Å². The van der Waals surface area contributed by atoms with Gasteiger partial charge in [0.25, 0.3) is 0 Å². The van der Waals surface area contributed by atoms with Crippen LogP contribution in [-0.2, 0) is 11.3 Å². The molecule has 1 aliphatic carbocycles. The van der Waals surface area contributed by atoms with Crippen molar-refractivity contribution in [2.45, 2.75) is 65.6 Å². The molecular weight excluding hydrogens is 354 g/mol. The van der Waals surface area contributed by atoms with Crippen LogP contribution in [0.15, 0.2) is 29.5 Å². The van der Waals surface area contributed by atoms with E-state index in [9.17, 15) is 4.79 Å². The van der Waals surface area contributed by atoms with Crippen molar-refractivity contribution in [3.8, 4) is 0 Å². The first-order valence-corrected chi connectivity index (χ1v) is 10.2. The molecule has 7 heteroatoms. The van der Waals surface area contributed by atoms with E-state index in [0.29, 0.717) is 31.6 Å². The molecule has 1 aromatic rings. The van der Waals surface area contributed by atoms with E-state index in [1.807, 2.05) is 32.9 Å². The largest absolute Gasteiger partial charge is 0.444 e. The van der Waals surface area contributed by atoms with E-state index in [2.05, 4.69) is 34.5 Å². The number of aliphatic imine (C=N–C) groups is 1. The highest BCUT2D eigenvalue weighted by Crippen LogP contribution is 2.28. The van der Waals surface area contributed by atoms with E-state index >= 15 is 0 Å². The molecule has 0 spiro atoms. The van der Waals surface area contributed by atoms with Crippen molar-refractivity contribution in [1.82, 2.24) is 20.5 Å². The number of nitrogens with one attached hydrogen (secondary N) is 2. The summed E-state index contributed by atoms with van der Waals surface area (Å²) in [4.78, 5) is 23.1. The number of hydrogen-bond acceptors (Lipinski definition) is 4. The maximum Gasteiger partial charge on any atom is 0.410 e. The lowest BCUT2D eigenvalue weighted by atomic mass is 10.2. The summed E-state index contributed by atoms with van der Waals surface area (Å²) in [5.41, 5.74) is 0.459. The van der Waals surface area contributed by atoms with Crippen LogP contribution in [0.1, 0.15) is 53.0 Å². The summed E-state index contributed by atoms with van der Waals surface area (Å²) in [5.74, 6) is 1.57. The average molecular weight is 390 g/mol. The van der Waals surface area contributed by atoms with Gasteiger partial charge in [-0.25, -0.2) is 4.79 Å². The summed E-state index contributed by atoms with van der Waals surface area (Å²) in [7, 11) is 0. The number of guanidine groups is 1. The van der Waals surface area contributed by atoms with Gasteiger partial charge in [-0.1, -0.05) is 13.0 Å². The molecule has 0 radical (unpaired) electrons. The van der Waals surface area contributed by atoms with Crippen molar-refractivity contribution in [1.29, 1.82) is 0 Å². The van der Waals surface area contributed by atoms with Gasteiger partial charge in [-0.15, -0.1) is 0 Å². The molecule has 1 aromatic heterocycles. The second kappa shape index (κ2) is 10.3. The Morgan fingerprint density at radius 3 is 2.75 bits per heavy atom. The smallest absolute Gasteiger partial charge is 0.410 e. The molecule has 1 heterocycles. The van der Waals surface area contributed by atoms with Gasteiger partial charge < -0.3 is 20.3 Å². The Bertz CT molecular complexity index is 642. The summed E-state index contributed by atoms with van der Waals surface area (Å²) in [6.07, 6.45) is 5.15. The number of rotatable bonds is 8. The zero-order chi connectivity index (χ0) is 20.6. The molecule has 1 aliphatic rings. The van der Waals surface area contributed by atoms with Crippen LogP contribution >= 0.6 is 0 Å². The van der Waals surface area contributed by atoms with Crippen molar-refractivity contribution in [2.24, 2.45) is 10.9 Å². The highest BCUT2D eigenvalue weighted by atomic mass is 16.6. The number of hydrogen-bond donors (Lipinski definition) is 2. The van der Waals surface area contributed by atoms with Gasteiger partial charge in [0.1, 0.15) is 5.60 Å². The van der Waals surface area contributed by atoms with E-state index < -0.39 is 5.60 Å². The number of amides is 1. The monoisotopic (exact) mass is 389 g/mol. The minimum atomic E-state index is -0.522. The number of nitrogens with zero attached hydrogens (tertiary/aromatic N) is 3. The van der Waals surface area contributed by atoms with Gasteiger partial charge in [0.05, 0.1) is 6.54 Å². The molecule has 7 nitrogen and oxygen atoms in total.